The van der Waals surface area contributed by atoms with Gasteiger partial charge in [0, 0.05) is 23.6 Å². The van der Waals surface area contributed by atoms with Crippen LogP contribution in [-0.2, 0) is 11.2 Å². The lowest BCUT2D eigenvalue weighted by molar-refractivity contribution is -0.0542. The van der Waals surface area contributed by atoms with E-state index < -0.39 is 23.7 Å². The number of hydrogen-bond donors (Lipinski definition) is 5. The summed E-state index contributed by atoms with van der Waals surface area (Å²) in [6.07, 6.45) is -1.40. The Balaban J connectivity index is 2.11. The van der Waals surface area contributed by atoms with Crippen LogP contribution in [0, 0.1) is 5.92 Å². The minimum Gasteiger partial charge on any atom is -0.508 e. The second-order valence-corrected chi connectivity index (χ2v) is 7.06. The van der Waals surface area contributed by atoms with Gasteiger partial charge in [0.15, 0.2) is 11.5 Å². The number of aromatic hydroxyl groups is 4. The number of benzene rings is 2. The van der Waals surface area contributed by atoms with Gasteiger partial charge in [0.2, 0.25) is 0 Å². The largest absolute Gasteiger partial charge is 0.508 e. The van der Waals surface area contributed by atoms with Crippen LogP contribution in [0.1, 0.15) is 31.1 Å². The summed E-state index contributed by atoms with van der Waals surface area (Å²) >= 11 is 0. The van der Waals surface area contributed by atoms with E-state index in [-0.39, 0.29) is 35.2 Å². The first-order valence-corrected chi connectivity index (χ1v) is 8.30. The number of rotatable bonds is 3. The van der Waals surface area contributed by atoms with Crippen molar-refractivity contribution in [3.8, 4) is 28.7 Å². The first-order valence-electron chi connectivity index (χ1n) is 8.30. The summed E-state index contributed by atoms with van der Waals surface area (Å²) in [4.78, 5) is 11.4. The fraction of sp³-hybridized carbons (Fsp3) is 0.316. The van der Waals surface area contributed by atoms with Crippen molar-refractivity contribution in [2.45, 2.75) is 32.0 Å². The molecule has 8 heteroatoms. The van der Waals surface area contributed by atoms with Crippen LogP contribution in [0.4, 0.5) is 4.79 Å². The van der Waals surface area contributed by atoms with Crippen LogP contribution in [0.25, 0.3) is 0 Å². The highest BCUT2D eigenvalue weighted by Crippen LogP contribution is 2.48. The summed E-state index contributed by atoms with van der Waals surface area (Å²) in [5.74, 6) is -1.13. The lowest BCUT2D eigenvalue weighted by Crippen LogP contribution is -2.45. The number of carbonyl (C=O) groups excluding carboxylic acids is 1. The summed E-state index contributed by atoms with van der Waals surface area (Å²) in [5, 5.41) is 39.4. The Morgan fingerprint density at radius 2 is 1.81 bits per heavy atom. The standard InChI is InChI=1S/C19H21NO7/c1-19(2,27-18(20)25)12-8-11-14(23)6-10(21)7-16(11)26-17(12)9-3-4-13(22)15(24)5-9/h3-7,12,17,21-24H,8H2,1-2H3,(H2,20,25). The van der Waals surface area contributed by atoms with Crippen molar-refractivity contribution in [1.29, 1.82) is 0 Å². The van der Waals surface area contributed by atoms with Gasteiger partial charge in [0.25, 0.3) is 0 Å². The molecular formula is C19H21NO7. The Morgan fingerprint density at radius 3 is 2.44 bits per heavy atom. The van der Waals surface area contributed by atoms with E-state index in [0.717, 1.165) is 0 Å². The molecule has 2 aromatic rings. The zero-order valence-electron chi connectivity index (χ0n) is 14.8. The van der Waals surface area contributed by atoms with Crippen LogP contribution >= 0.6 is 0 Å². The maximum absolute atomic E-state index is 11.4. The van der Waals surface area contributed by atoms with Gasteiger partial charge in [-0.1, -0.05) is 6.07 Å². The molecule has 1 heterocycles. The van der Waals surface area contributed by atoms with Crippen molar-refractivity contribution in [3.05, 3.63) is 41.5 Å². The number of fused-ring (bicyclic) bond motifs is 1. The van der Waals surface area contributed by atoms with E-state index in [2.05, 4.69) is 0 Å². The highest BCUT2D eigenvalue weighted by molar-refractivity contribution is 5.65. The van der Waals surface area contributed by atoms with E-state index in [1.54, 1.807) is 19.9 Å². The Bertz CT molecular complexity index is 894. The van der Waals surface area contributed by atoms with Gasteiger partial charge in [-0.3, -0.25) is 0 Å². The number of carbonyl (C=O) groups is 1. The predicted molar refractivity (Wildman–Crippen MR) is 94.9 cm³/mol. The van der Waals surface area contributed by atoms with Gasteiger partial charge in [-0.05, 0) is 38.0 Å². The van der Waals surface area contributed by atoms with Gasteiger partial charge in [0.05, 0.1) is 0 Å². The average molecular weight is 375 g/mol. The van der Waals surface area contributed by atoms with E-state index in [1.165, 1.54) is 24.3 Å². The van der Waals surface area contributed by atoms with Gasteiger partial charge < -0.3 is 35.6 Å². The van der Waals surface area contributed by atoms with Crippen molar-refractivity contribution < 1.29 is 34.7 Å². The Kier molecular flexibility index (Phi) is 4.43. The topological polar surface area (TPSA) is 142 Å². The van der Waals surface area contributed by atoms with Crippen LogP contribution in [0.15, 0.2) is 30.3 Å². The maximum atomic E-state index is 11.4. The molecule has 1 aliphatic heterocycles. The molecule has 6 N–H and O–H groups in total. The monoisotopic (exact) mass is 375 g/mol. The molecule has 0 aromatic heterocycles. The fourth-order valence-electron chi connectivity index (χ4n) is 3.44. The molecule has 0 fully saturated rings. The third-order valence-electron chi connectivity index (χ3n) is 4.80. The molecule has 0 saturated carbocycles. The van der Waals surface area contributed by atoms with Crippen molar-refractivity contribution in [3.63, 3.8) is 0 Å². The maximum Gasteiger partial charge on any atom is 0.405 e. The lowest BCUT2D eigenvalue weighted by Gasteiger charge is -2.42. The molecule has 0 saturated heterocycles. The van der Waals surface area contributed by atoms with Crippen LogP contribution in [-0.4, -0.2) is 32.1 Å². The van der Waals surface area contributed by atoms with E-state index in [4.69, 9.17) is 15.2 Å². The quantitative estimate of drug-likeness (QED) is 0.519. The number of ether oxygens (including phenoxy) is 2. The molecule has 8 nitrogen and oxygen atoms in total. The molecule has 2 unspecified atom stereocenters. The molecular weight excluding hydrogens is 354 g/mol. The highest BCUT2D eigenvalue weighted by Gasteiger charge is 2.44. The van der Waals surface area contributed by atoms with E-state index >= 15 is 0 Å². The van der Waals surface area contributed by atoms with Crippen LogP contribution in [0.5, 0.6) is 28.7 Å². The van der Waals surface area contributed by atoms with E-state index in [0.29, 0.717) is 11.1 Å². The van der Waals surface area contributed by atoms with Gasteiger partial charge >= 0.3 is 6.09 Å². The molecule has 1 aliphatic rings. The number of phenolic OH excluding ortho intramolecular Hbond substituents is 4. The number of amides is 1. The Hall–Kier alpha value is -3.29. The number of nitrogens with two attached hydrogens (primary N) is 1. The third-order valence-corrected chi connectivity index (χ3v) is 4.80. The fourth-order valence-corrected chi connectivity index (χ4v) is 3.44. The van der Waals surface area contributed by atoms with Crippen LogP contribution < -0.4 is 10.5 Å². The summed E-state index contributed by atoms with van der Waals surface area (Å²) in [6, 6.07) is 6.82. The van der Waals surface area contributed by atoms with E-state index in [9.17, 15) is 25.2 Å². The normalized spacial score (nSPS) is 19.0. The molecule has 144 valence electrons. The minimum absolute atomic E-state index is 0.142. The number of primary amides is 1. The zero-order valence-corrected chi connectivity index (χ0v) is 14.8. The van der Waals surface area contributed by atoms with Crippen molar-refractivity contribution >= 4 is 6.09 Å². The highest BCUT2D eigenvalue weighted by atomic mass is 16.6. The molecule has 0 bridgehead atoms. The molecule has 2 atom stereocenters. The minimum atomic E-state index is -1.08. The second kappa shape index (κ2) is 6.46. The smallest absolute Gasteiger partial charge is 0.405 e. The Morgan fingerprint density at radius 1 is 1.11 bits per heavy atom. The predicted octanol–water partition coefficient (Wildman–Crippen LogP) is 2.68. The lowest BCUT2D eigenvalue weighted by atomic mass is 9.76. The van der Waals surface area contributed by atoms with Gasteiger partial charge in [-0.25, -0.2) is 4.79 Å². The van der Waals surface area contributed by atoms with Gasteiger partial charge in [0.1, 0.15) is 29.0 Å². The van der Waals surface area contributed by atoms with Crippen molar-refractivity contribution in [2.24, 2.45) is 11.7 Å². The number of phenols is 4. The van der Waals surface area contributed by atoms with Crippen LogP contribution in [0.3, 0.4) is 0 Å². The van der Waals surface area contributed by atoms with Crippen LogP contribution in [0.2, 0.25) is 0 Å². The SMILES string of the molecule is CC(C)(OC(N)=O)C1Cc2c(O)cc(O)cc2OC1c1ccc(O)c(O)c1. The first kappa shape index (κ1) is 18.5. The number of hydrogen-bond acceptors (Lipinski definition) is 7. The summed E-state index contributed by atoms with van der Waals surface area (Å²) in [6.45, 7) is 3.34. The van der Waals surface area contributed by atoms with Gasteiger partial charge in [-0.2, -0.15) is 0 Å². The van der Waals surface area contributed by atoms with E-state index in [1.807, 2.05) is 0 Å². The zero-order chi connectivity index (χ0) is 19.9. The second-order valence-electron chi connectivity index (χ2n) is 7.06. The van der Waals surface area contributed by atoms with Crippen molar-refractivity contribution in [2.75, 3.05) is 0 Å². The Labute approximate surface area is 155 Å². The summed E-state index contributed by atoms with van der Waals surface area (Å²) < 4.78 is 11.3. The van der Waals surface area contributed by atoms with Gasteiger partial charge in [-0.15, -0.1) is 0 Å². The average Bonchev–Trinajstić information content (AvgIpc) is 2.55. The molecule has 2 aromatic carbocycles. The first-order chi connectivity index (χ1) is 12.6. The third kappa shape index (κ3) is 3.51. The summed E-state index contributed by atoms with van der Waals surface area (Å²) in [7, 11) is 0. The van der Waals surface area contributed by atoms with Crippen molar-refractivity contribution in [1.82, 2.24) is 0 Å². The molecule has 27 heavy (non-hydrogen) atoms. The molecule has 3 rings (SSSR count). The molecule has 0 radical (unpaired) electrons. The molecule has 1 amide bonds. The summed E-state index contributed by atoms with van der Waals surface area (Å²) in [5.41, 5.74) is 5.10. The molecule has 0 spiro atoms. The molecule has 0 aliphatic carbocycles.